The zero-order chi connectivity index (χ0) is 19.8. The molecule has 1 heterocycles. The average Bonchev–Trinajstić information content (AvgIpc) is 3.20. The van der Waals surface area contributed by atoms with Crippen molar-refractivity contribution in [3.8, 4) is 17.1 Å². The number of carbonyl (C=O) groups is 1. The van der Waals surface area contributed by atoms with E-state index in [1.807, 2.05) is 61.5 Å². The van der Waals surface area contributed by atoms with Crippen LogP contribution in [0.1, 0.15) is 25.8 Å². The van der Waals surface area contributed by atoms with Crippen LogP contribution in [0.4, 0.5) is 0 Å². The summed E-state index contributed by atoms with van der Waals surface area (Å²) in [5, 5.41) is 16.2. The molecule has 0 bridgehead atoms. The summed E-state index contributed by atoms with van der Waals surface area (Å²) in [5.41, 5.74) is 4.94. The van der Waals surface area contributed by atoms with Crippen LogP contribution in [0.15, 0.2) is 59.7 Å². The number of nitrogens with one attached hydrogen (secondary N) is 1. The predicted molar refractivity (Wildman–Crippen MR) is 106 cm³/mol. The third kappa shape index (κ3) is 5.23. The standard InChI is InChI=1S/C20H22N6O2/c1-3-13-28-18-11-9-16(10-12-18)15(2)21-22-19(27)14-26-24-20(23-25-26)17-7-5-4-6-8-17/h4-12H,3,13-14H2,1-2H3,(H,22,27)/b21-15-. The van der Waals surface area contributed by atoms with E-state index >= 15 is 0 Å². The van der Waals surface area contributed by atoms with Crippen molar-refractivity contribution in [2.75, 3.05) is 6.61 Å². The van der Waals surface area contributed by atoms with E-state index in [0.717, 1.165) is 23.3 Å². The minimum absolute atomic E-state index is 0.0690. The van der Waals surface area contributed by atoms with E-state index in [1.54, 1.807) is 0 Å². The van der Waals surface area contributed by atoms with E-state index in [2.05, 4.69) is 32.9 Å². The van der Waals surface area contributed by atoms with E-state index in [4.69, 9.17) is 4.74 Å². The first-order valence-electron chi connectivity index (χ1n) is 9.05. The molecule has 0 atom stereocenters. The third-order valence-electron chi connectivity index (χ3n) is 3.86. The zero-order valence-corrected chi connectivity index (χ0v) is 15.9. The highest BCUT2D eigenvalue weighted by molar-refractivity contribution is 5.99. The number of nitrogens with zero attached hydrogens (tertiary/aromatic N) is 5. The van der Waals surface area contributed by atoms with Gasteiger partial charge in [0.25, 0.3) is 5.91 Å². The number of tetrazole rings is 1. The molecule has 28 heavy (non-hydrogen) atoms. The number of rotatable bonds is 8. The lowest BCUT2D eigenvalue weighted by atomic mass is 10.1. The molecule has 3 aromatic rings. The monoisotopic (exact) mass is 378 g/mol. The molecule has 0 radical (unpaired) electrons. The third-order valence-corrected chi connectivity index (χ3v) is 3.86. The van der Waals surface area contributed by atoms with Crippen LogP contribution in [0.2, 0.25) is 0 Å². The molecule has 0 unspecified atom stereocenters. The minimum atomic E-state index is -0.334. The highest BCUT2D eigenvalue weighted by Gasteiger charge is 2.09. The Morgan fingerprint density at radius 2 is 1.89 bits per heavy atom. The fourth-order valence-corrected chi connectivity index (χ4v) is 2.40. The second-order valence-electron chi connectivity index (χ2n) is 6.11. The Morgan fingerprint density at radius 1 is 1.14 bits per heavy atom. The Balaban J connectivity index is 1.55. The maximum atomic E-state index is 12.1. The van der Waals surface area contributed by atoms with Crippen molar-refractivity contribution in [1.82, 2.24) is 25.6 Å². The topological polar surface area (TPSA) is 94.3 Å². The highest BCUT2D eigenvalue weighted by atomic mass is 16.5. The lowest BCUT2D eigenvalue weighted by Gasteiger charge is -2.06. The molecule has 3 rings (SSSR count). The number of ether oxygens (including phenoxy) is 1. The van der Waals surface area contributed by atoms with Gasteiger partial charge in [0, 0.05) is 5.56 Å². The van der Waals surface area contributed by atoms with Gasteiger partial charge in [0.15, 0.2) is 0 Å². The van der Waals surface area contributed by atoms with Crippen LogP contribution in [0.5, 0.6) is 5.75 Å². The van der Waals surface area contributed by atoms with E-state index in [0.29, 0.717) is 18.1 Å². The average molecular weight is 378 g/mol. The Bertz CT molecular complexity index is 935. The van der Waals surface area contributed by atoms with Gasteiger partial charge in [-0.1, -0.05) is 37.3 Å². The summed E-state index contributed by atoms with van der Waals surface area (Å²) in [6.07, 6.45) is 0.960. The molecular formula is C20H22N6O2. The van der Waals surface area contributed by atoms with Crippen LogP contribution in [0.3, 0.4) is 0 Å². The van der Waals surface area contributed by atoms with E-state index in [9.17, 15) is 4.79 Å². The number of aromatic nitrogens is 4. The molecule has 2 aromatic carbocycles. The Kier molecular flexibility index (Phi) is 6.46. The van der Waals surface area contributed by atoms with Crippen molar-refractivity contribution < 1.29 is 9.53 Å². The molecular weight excluding hydrogens is 356 g/mol. The second-order valence-corrected chi connectivity index (χ2v) is 6.11. The summed E-state index contributed by atoms with van der Waals surface area (Å²) in [6.45, 7) is 4.50. The zero-order valence-electron chi connectivity index (χ0n) is 15.9. The Morgan fingerprint density at radius 3 is 2.61 bits per heavy atom. The first-order chi connectivity index (χ1) is 13.7. The maximum Gasteiger partial charge on any atom is 0.263 e. The second kappa shape index (κ2) is 9.40. The van der Waals surface area contributed by atoms with Crippen LogP contribution in [-0.2, 0) is 11.3 Å². The summed E-state index contributed by atoms with van der Waals surface area (Å²) >= 11 is 0. The fraction of sp³-hybridized carbons (Fsp3) is 0.250. The molecule has 0 fully saturated rings. The van der Waals surface area contributed by atoms with E-state index < -0.39 is 0 Å². The summed E-state index contributed by atoms with van der Waals surface area (Å²) in [5.74, 6) is 0.951. The number of hydrazone groups is 1. The van der Waals surface area contributed by atoms with Gasteiger partial charge in [-0.15, -0.1) is 10.2 Å². The number of carbonyl (C=O) groups excluding carboxylic acids is 1. The molecule has 0 aliphatic rings. The van der Waals surface area contributed by atoms with Crippen LogP contribution >= 0.6 is 0 Å². The SMILES string of the molecule is CCCOc1ccc(/C(C)=N\NC(=O)Cn2nnc(-c3ccccc3)n2)cc1. The van der Waals surface area contributed by atoms with Gasteiger partial charge in [-0.3, -0.25) is 4.79 Å². The molecule has 8 nitrogen and oxygen atoms in total. The van der Waals surface area contributed by atoms with Gasteiger partial charge >= 0.3 is 0 Å². The van der Waals surface area contributed by atoms with E-state index in [1.165, 1.54) is 4.80 Å². The normalized spacial score (nSPS) is 11.3. The van der Waals surface area contributed by atoms with Crippen LogP contribution < -0.4 is 10.2 Å². The minimum Gasteiger partial charge on any atom is -0.494 e. The lowest BCUT2D eigenvalue weighted by molar-refractivity contribution is -0.122. The smallest absolute Gasteiger partial charge is 0.263 e. The molecule has 1 N–H and O–H groups in total. The Labute approximate surface area is 163 Å². The molecule has 0 saturated carbocycles. The summed E-state index contributed by atoms with van der Waals surface area (Å²) in [7, 11) is 0. The molecule has 1 amide bonds. The van der Waals surface area contributed by atoms with Crippen LogP contribution in [-0.4, -0.2) is 38.4 Å². The molecule has 8 heteroatoms. The molecule has 0 aliphatic heterocycles. The molecule has 1 aromatic heterocycles. The number of hydrogen-bond donors (Lipinski definition) is 1. The van der Waals surface area contributed by atoms with Gasteiger partial charge in [0.2, 0.25) is 5.82 Å². The first kappa shape index (κ1) is 19.2. The first-order valence-corrected chi connectivity index (χ1v) is 9.05. The van der Waals surface area contributed by atoms with Gasteiger partial charge in [-0.05, 0) is 48.4 Å². The van der Waals surface area contributed by atoms with E-state index in [-0.39, 0.29) is 12.5 Å². The quantitative estimate of drug-likeness (QED) is 0.480. The van der Waals surface area contributed by atoms with Gasteiger partial charge in [0.1, 0.15) is 12.3 Å². The van der Waals surface area contributed by atoms with Crippen molar-refractivity contribution in [2.24, 2.45) is 5.10 Å². The lowest BCUT2D eigenvalue weighted by Crippen LogP contribution is -2.25. The maximum absolute atomic E-state index is 12.1. The number of hydrogen-bond acceptors (Lipinski definition) is 6. The van der Waals surface area contributed by atoms with Crippen molar-refractivity contribution in [1.29, 1.82) is 0 Å². The predicted octanol–water partition coefficient (Wildman–Crippen LogP) is 2.67. The van der Waals surface area contributed by atoms with Crippen molar-refractivity contribution >= 4 is 11.6 Å². The van der Waals surface area contributed by atoms with Gasteiger partial charge in [-0.25, -0.2) is 5.43 Å². The number of amides is 1. The Hall–Kier alpha value is -3.55. The van der Waals surface area contributed by atoms with Gasteiger partial charge in [-0.2, -0.15) is 9.90 Å². The summed E-state index contributed by atoms with van der Waals surface area (Å²) < 4.78 is 5.56. The molecule has 144 valence electrons. The molecule has 0 saturated heterocycles. The number of benzene rings is 2. The van der Waals surface area contributed by atoms with Crippen LogP contribution in [0, 0.1) is 0 Å². The molecule has 0 spiro atoms. The largest absolute Gasteiger partial charge is 0.494 e. The van der Waals surface area contributed by atoms with Gasteiger partial charge in [0.05, 0.1) is 12.3 Å². The van der Waals surface area contributed by atoms with Crippen LogP contribution in [0.25, 0.3) is 11.4 Å². The molecule has 0 aliphatic carbocycles. The summed E-state index contributed by atoms with van der Waals surface area (Å²) in [4.78, 5) is 13.3. The fourth-order valence-electron chi connectivity index (χ4n) is 2.40. The van der Waals surface area contributed by atoms with Crippen molar-refractivity contribution in [3.05, 3.63) is 60.2 Å². The van der Waals surface area contributed by atoms with Gasteiger partial charge < -0.3 is 4.74 Å². The van der Waals surface area contributed by atoms with Crippen molar-refractivity contribution in [3.63, 3.8) is 0 Å². The van der Waals surface area contributed by atoms with Crippen molar-refractivity contribution in [2.45, 2.75) is 26.8 Å². The summed E-state index contributed by atoms with van der Waals surface area (Å²) in [6, 6.07) is 17.0. The highest BCUT2D eigenvalue weighted by Crippen LogP contribution is 2.13.